The molecule has 2 amide bonds. The summed E-state index contributed by atoms with van der Waals surface area (Å²) in [4.78, 5) is 11.7. The van der Waals surface area contributed by atoms with Gasteiger partial charge in [0.25, 0.3) is 0 Å². The van der Waals surface area contributed by atoms with Crippen LogP contribution < -0.4 is 10.6 Å². The summed E-state index contributed by atoms with van der Waals surface area (Å²) in [5.74, 6) is 0.489. The molecule has 0 saturated heterocycles. The summed E-state index contributed by atoms with van der Waals surface area (Å²) in [5, 5.41) is 16.3. The summed E-state index contributed by atoms with van der Waals surface area (Å²) in [6.07, 6.45) is 7.05. The number of hydrogen-bond donors (Lipinski definition) is 3. The third-order valence-corrected chi connectivity index (χ3v) is 4.28. The van der Waals surface area contributed by atoms with Gasteiger partial charge in [0.05, 0.1) is 6.10 Å². The Kier molecular flexibility index (Phi) is 12.5. The molecule has 0 fully saturated rings. The van der Waals surface area contributed by atoms with Crippen molar-refractivity contribution in [3.63, 3.8) is 0 Å². The number of carbonyl (C=O) groups excluding carboxylic acids is 1. The second kappa shape index (κ2) is 12.9. The van der Waals surface area contributed by atoms with E-state index < -0.39 is 0 Å². The lowest BCUT2D eigenvalue weighted by Crippen LogP contribution is -2.42. The van der Waals surface area contributed by atoms with E-state index in [1.807, 2.05) is 0 Å². The first kappa shape index (κ1) is 20.2. The first-order valence-corrected chi connectivity index (χ1v) is 8.80. The minimum atomic E-state index is -0.317. The maximum absolute atomic E-state index is 11.7. The molecule has 0 rings (SSSR count). The van der Waals surface area contributed by atoms with E-state index in [0.29, 0.717) is 12.5 Å². The van der Waals surface area contributed by atoms with Crippen molar-refractivity contribution in [3.8, 4) is 0 Å². The molecule has 0 saturated carbocycles. The van der Waals surface area contributed by atoms with Crippen molar-refractivity contribution in [2.24, 2.45) is 11.8 Å². The fourth-order valence-corrected chi connectivity index (χ4v) is 2.64. The molecular weight excluding hydrogens is 264 g/mol. The Balaban J connectivity index is 4.19. The molecule has 4 nitrogen and oxygen atoms in total. The molecule has 0 bridgehead atoms. The molecular formula is C17H36N2O2. The van der Waals surface area contributed by atoms with Crippen molar-refractivity contribution >= 4 is 6.03 Å². The Labute approximate surface area is 131 Å². The fourth-order valence-electron chi connectivity index (χ4n) is 2.64. The van der Waals surface area contributed by atoms with Gasteiger partial charge in [0, 0.05) is 19.0 Å². The van der Waals surface area contributed by atoms with Crippen LogP contribution in [0.3, 0.4) is 0 Å². The van der Waals surface area contributed by atoms with Crippen molar-refractivity contribution in [3.05, 3.63) is 0 Å². The smallest absolute Gasteiger partial charge is 0.314 e. The van der Waals surface area contributed by atoms with E-state index in [9.17, 15) is 9.90 Å². The normalized spacial score (nSPS) is 15.3. The summed E-state index contributed by atoms with van der Waals surface area (Å²) in [7, 11) is 0. The van der Waals surface area contributed by atoms with Crippen molar-refractivity contribution in [1.29, 1.82) is 0 Å². The third-order valence-electron chi connectivity index (χ3n) is 4.28. The predicted octanol–water partition coefficient (Wildman–Crippen LogP) is 3.69. The monoisotopic (exact) mass is 300 g/mol. The number of urea groups is 1. The molecule has 3 unspecified atom stereocenters. The lowest BCUT2D eigenvalue weighted by Gasteiger charge is -2.29. The minimum Gasteiger partial charge on any atom is -0.392 e. The third kappa shape index (κ3) is 8.97. The number of rotatable bonds is 12. The maximum atomic E-state index is 11.7. The summed E-state index contributed by atoms with van der Waals surface area (Å²) < 4.78 is 0. The van der Waals surface area contributed by atoms with Gasteiger partial charge >= 0.3 is 6.03 Å². The van der Waals surface area contributed by atoms with E-state index in [-0.39, 0.29) is 18.1 Å². The molecule has 3 atom stereocenters. The van der Waals surface area contributed by atoms with Gasteiger partial charge in [-0.3, -0.25) is 0 Å². The quantitative estimate of drug-likeness (QED) is 0.481. The molecule has 0 aliphatic heterocycles. The van der Waals surface area contributed by atoms with Gasteiger partial charge in [-0.25, -0.2) is 4.79 Å². The zero-order valence-corrected chi connectivity index (χ0v) is 14.5. The van der Waals surface area contributed by atoms with E-state index in [1.54, 1.807) is 0 Å². The van der Waals surface area contributed by atoms with Crippen molar-refractivity contribution in [2.45, 2.75) is 78.7 Å². The second-order valence-corrected chi connectivity index (χ2v) is 5.96. The van der Waals surface area contributed by atoms with Gasteiger partial charge in [-0.1, -0.05) is 53.4 Å². The standard InChI is InChI=1S/C17H36N2O2/c1-5-9-11-14(7-3)16(20)15(8-4)13-19-17(21)18-12-10-6-2/h14-16,20H,5-13H2,1-4H3,(H2,18,19,21). The van der Waals surface area contributed by atoms with Crippen LogP contribution in [0.15, 0.2) is 0 Å². The summed E-state index contributed by atoms with van der Waals surface area (Å²) in [6.45, 7) is 9.77. The van der Waals surface area contributed by atoms with Crippen molar-refractivity contribution in [2.75, 3.05) is 13.1 Å². The van der Waals surface area contributed by atoms with Gasteiger partial charge in [-0.2, -0.15) is 0 Å². The van der Waals surface area contributed by atoms with E-state index in [1.165, 1.54) is 0 Å². The molecule has 0 aromatic heterocycles. The maximum Gasteiger partial charge on any atom is 0.314 e. The van der Waals surface area contributed by atoms with Crippen molar-refractivity contribution in [1.82, 2.24) is 10.6 Å². The Morgan fingerprint density at radius 3 is 2.10 bits per heavy atom. The number of aliphatic hydroxyl groups excluding tert-OH is 1. The average molecular weight is 300 g/mol. The summed E-state index contributed by atoms with van der Waals surface area (Å²) in [6, 6.07) is -0.115. The molecule has 0 aromatic rings. The van der Waals surface area contributed by atoms with E-state index in [2.05, 4.69) is 38.3 Å². The molecule has 0 aliphatic carbocycles. The summed E-state index contributed by atoms with van der Waals surface area (Å²) in [5.41, 5.74) is 0. The van der Waals surface area contributed by atoms with Crippen LogP contribution in [0.5, 0.6) is 0 Å². The fraction of sp³-hybridized carbons (Fsp3) is 0.941. The number of hydrogen-bond acceptors (Lipinski definition) is 2. The van der Waals surface area contributed by atoms with Crippen molar-refractivity contribution < 1.29 is 9.90 Å². The second-order valence-electron chi connectivity index (χ2n) is 5.96. The number of carbonyl (C=O) groups is 1. The molecule has 0 radical (unpaired) electrons. The van der Waals surface area contributed by atoms with Crippen LogP contribution in [-0.4, -0.2) is 30.3 Å². The topological polar surface area (TPSA) is 61.4 Å². The number of nitrogens with one attached hydrogen (secondary N) is 2. The van der Waals surface area contributed by atoms with Gasteiger partial charge in [-0.05, 0) is 25.2 Å². The minimum absolute atomic E-state index is 0.115. The highest BCUT2D eigenvalue weighted by Crippen LogP contribution is 2.23. The molecule has 0 aliphatic rings. The Bertz CT molecular complexity index is 259. The number of amides is 2. The molecule has 21 heavy (non-hydrogen) atoms. The molecule has 0 heterocycles. The van der Waals surface area contributed by atoms with Crippen LogP contribution >= 0.6 is 0 Å². The number of aliphatic hydroxyl groups is 1. The van der Waals surface area contributed by atoms with Crippen LogP contribution in [-0.2, 0) is 0 Å². The van der Waals surface area contributed by atoms with Gasteiger partial charge in [0.1, 0.15) is 0 Å². The van der Waals surface area contributed by atoms with Crippen LogP contribution in [0.4, 0.5) is 4.79 Å². The van der Waals surface area contributed by atoms with Gasteiger partial charge < -0.3 is 15.7 Å². The van der Waals surface area contributed by atoms with E-state index in [4.69, 9.17) is 0 Å². The van der Waals surface area contributed by atoms with Crippen LogP contribution in [0.2, 0.25) is 0 Å². The molecule has 3 N–H and O–H groups in total. The first-order chi connectivity index (χ1) is 10.1. The summed E-state index contributed by atoms with van der Waals surface area (Å²) >= 11 is 0. The Morgan fingerprint density at radius 2 is 1.57 bits per heavy atom. The lowest BCUT2D eigenvalue weighted by atomic mass is 9.84. The largest absolute Gasteiger partial charge is 0.392 e. The predicted molar refractivity (Wildman–Crippen MR) is 89.4 cm³/mol. The zero-order chi connectivity index (χ0) is 16.1. The van der Waals surface area contributed by atoms with Crippen LogP contribution in [0.25, 0.3) is 0 Å². The highest BCUT2D eigenvalue weighted by molar-refractivity contribution is 5.73. The average Bonchev–Trinajstić information content (AvgIpc) is 2.49. The number of unbranched alkanes of at least 4 members (excludes halogenated alkanes) is 2. The molecule has 126 valence electrons. The highest BCUT2D eigenvalue weighted by atomic mass is 16.3. The Hall–Kier alpha value is -0.770. The molecule has 0 aromatic carbocycles. The van der Waals surface area contributed by atoms with E-state index >= 15 is 0 Å². The Morgan fingerprint density at radius 1 is 0.952 bits per heavy atom. The van der Waals surface area contributed by atoms with Gasteiger partial charge in [0.15, 0.2) is 0 Å². The van der Waals surface area contributed by atoms with Gasteiger partial charge in [0.2, 0.25) is 0 Å². The van der Waals surface area contributed by atoms with Gasteiger partial charge in [-0.15, -0.1) is 0 Å². The van der Waals surface area contributed by atoms with Crippen LogP contribution in [0, 0.1) is 11.8 Å². The molecule has 0 spiro atoms. The SMILES string of the molecule is CCCCNC(=O)NCC(CC)C(O)C(CC)CCCC. The van der Waals surface area contributed by atoms with Crippen LogP contribution in [0.1, 0.15) is 72.6 Å². The first-order valence-electron chi connectivity index (χ1n) is 8.80. The lowest BCUT2D eigenvalue weighted by molar-refractivity contribution is 0.0424. The zero-order valence-electron chi connectivity index (χ0n) is 14.5. The highest BCUT2D eigenvalue weighted by Gasteiger charge is 2.25. The van der Waals surface area contributed by atoms with E-state index in [0.717, 1.165) is 51.5 Å². The molecule has 4 heteroatoms.